The van der Waals surface area contributed by atoms with Crippen LogP contribution in [0.4, 0.5) is 5.69 Å². The predicted molar refractivity (Wildman–Crippen MR) is 78.0 cm³/mol. The van der Waals surface area contributed by atoms with E-state index < -0.39 is 16.0 Å². The number of thiophene rings is 1. The minimum absolute atomic E-state index is 0.0650. The molecule has 0 aliphatic heterocycles. The largest absolute Gasteiger partial charge is 0.478 e. The Bertz CT molecular complexity index is 834. The molecular formula is C13H10N2O4S2. The number of aromatic carboxylic acids is 1. The zero-order valence-corrected chi connectivity index (χ0v) is 12.5. The van der Waals surface area contributed by atoms with Gasteiger partial charge in [-0.25, -0.2) is 13.2 Å². The highest BCUT2D eigenvalue weighted by Gasteiger charge is 2.24. The van der Waals surface area contributed by atoms with E-state index in [0.29, 0.717) is 11.3 Å². The van der Waals surface area contributed by atoms with Gasteiger partial charge < -0.3 is 5.11 Å². The summed E-state index contributed by atoms with van der Waals surface area (Å²) < 4.78 is 25.8. The molecule has 1 heterocycles. The third kappa shape index (κ3) is 2.89. The number of carboxylic acid groups (broad SMARTS) is 1. The molecule has 0 radical (unpaired) electrons. The first kappa shape index (κ1) is 15.0. The third-order valence-corrected chi connectivity index (χ3v) is 5.98. The molecule has 0 aliphatic rings. The van der Waals surface area contributed by atoms with Crippen molar-refractivity contribution < 1.29 is 18.3 Å². The summed E-state index contributed by atoms with van der Waals surface area (Å²) in [5, 5.41) is 19.0. The van der Waals surface area contributed by atoms with E-state index in [0.717, 1.165) is 21.7 Å². The highest BCUT2D eigenvalue weighted by Crippen LogP contribution is 2.27. The highest BCUT2D eigenvalue weighted by molar-refractivity contribution is 7.94. The number of nitrogens with zero attached hydrogens (tertiary/aromatic N) is 2. The maximum atomic E-state index is 12.4. The van der Waals surface area contributed by atoms with Crippen LogP contribution in [0.15, 0.2) is 39.9 Å². The Labute approximate surface area is 125 Å². The highest BCUT2D eigenvalue weighted by atomic mass is 32.2. The minimum atomic E-state index is -3.85. The van der Waals surface area contributed by atoms with Gasteiger partial charge in [0.25, 0.3) is 10.0 Å². The second-order valence-corrected chi connectivity index (χ2v) is 7.20. The zero-order chi connectivity index (χ0) is 15.6. The summed E-state index contributed by atoms with van der Waals surface area (Å²) in [5.74, 6) is -1.18. The van der Waals surface area contributed by atoms with Crippen molar-refractivity contribution >= 4 is 33.0 Å². The molecule has 2 rings (SSSR count). The van der Waals surface area contributed by atoms with Crippen molar-refractivity contribution in [2.75, 3.05) is 11.4 Å². The molecule has 1 N–H and O–H groups in total. The molecule has 21 heavy (non-hydrogen) atoms. The Hall–Kier alpha value is -2.37. The van der Waals surface area contributed by atoms with Crippen molar-refractivity contribution in [2.45, 2.75) is 4.21 Å². The van der Waals surface area contributed by atoms with Crippen LogP contribution in [0.5, 0.6) is 0 Å². The third-order valence-electron chi connectivity index (χ3n) is 2.78. The molecular weight excluding hydrogens is 312 g/mol. The zero-order valence-electron chi connectivity index (χ0n) is 10.8. The van der Waals surface area contributed by atoms with Crippen LogP contribution in [-0.2, 0) is 10.0 Å². The fourth-order valence-corrected chi connectivity index (χ4v) is 4.12. The fraction of sp³-hybridized carbons (Fsp3) is 0.0769. The van der Waals surface area contributed by atoms with Crippen molar-refractivity contribution in [3.05, 3.63) is 46.8 Å². The van der Waals surface area contributed by atoms with E-state index >= 15 is 0 Å². The van der Waals surface area contributed by atoms with Gasteiger partial charge >= 0.3 is 5.97 Å². The molecule has 0 bridgehead atoms. The molecule has 0 unspecified atom stereocenters. The van der Waals surface area contributed by atoms with E-state index in [1.807, 2.05) is 6.07 Å². The molecule has 0 aliphatic carbocycles. The Balaban J connectivity index is 2.42. The second-order valence-electron chi connectivity index (χ2n) is 4.09. The summed E-state index contributed by atoms with van der Waals surface area (Å²) in [7, 11) is -2.50. The smallest absolute Gasteiger partial charge is 0.336 e. The molecule has 0 amide bonds. The summed E-state index contributed by atoms with van der Waals surface area (Å²) in [6, 6.07) is 9.21. The summed E-state index contributed by atoms with van der Waals surface area (Å²) >= 11 is 0.842. The molecule has 0 saturated carbocycles. The average molecular weight is 322 g/mol. The number of hydrogen-bond acceptors (Lipinski definition) is 5. The number of hydrogen-bond donors (Lipinski definition) is 1. The van der Waals surface area contributed by atoms with Crippen molar-refractivity contribution in [2.24, 2.45) is 0 Å². The lowest BCUT2D eigenvalue weighted by Crippen LogP contribution is -2.25. The fourth-order valence-electron chi connectivity index (χ4n) is 1.61. The normalized spacial score (nSPS) is 10.9. The topological polar surface area (TPSA) is 98.5 Å². The van der Waals surface area contributed by atoms with Crippen LogP contribution in [0, 0.1) is 11.3 Å². The van der Waals surface area contributed by atoms with Crippen LogP contribution in [0.3, 0.4) is 0 Å². The van der Waals surface area contributed by atoms with Gasteiger partial charge in [-0.05, 0) is 24.3 Å². The maximum Gasteiger partial charge on any atom is 0.336 e. The molecule has 0 saturated heterocycles. The molecule has 108 valence electrons. The van der Waals surface area contributed by atoms with Gasteiger partial charge in [0.1, 0.15) is 4.21 Å². The van der Waals surface area contributed by atoms with E-state index in [2.05, 4.69) is 0 Å². The van der Waals surface area contributed by atoms with Gasteiger partial charge in [-0.3, -0.25) is 4.31 Å². The van der Waals surface area contributed by atoms with Gasteiger partial charge in [0.2, 0.25) is 0 Å². The number of anilines is 1. The number of carboxylic acids is 1. The van der Waals surface area contributed by atoms with E-state index in [4.69, 9.17) is 10.4 Å². The van der Waals surface area contributed by atoms with Crippen molar-refractivity contribution in [3.8, 4) is 6.07 Å². The first-order valence-electron chi connectivity index (χ1n) is 5.67. The average Bonchev–Trinajstić information content (AvgIpc) is 2.97. The number of sulfonamides is 1. The number of carbonyl (C=O) groups is 1. The first-order valence-corrected chi connectivity index (χ1v) is 7.99. The minimum Gasteiger partial charge on any atom is -0.478 e. The van der Waals surface area contributed by atoms with Gasteiger partial charge in [-0.1, -0.05) is 6.07 Å². The summed E-state index contributed by atoms with van der Waals surface area (Å²) in [6.45, 7) is 0. The van der Waals surface area contributed by atoms with Crippen LogP contribution < -0.4 is 4.31 Å². The van der Waals surface area contributed by atoms with E-state index in [9.17, 15) is 13.2 Å². The van der Waals surface area contributed by atoms with E-state index in [1.54, 1.807) is 18.2 Å². The molecule has 2 aromatic rings. The molecule has 1 aromatic heterocycles. The van der Waals surface area contributed by atoms with Crippen LogP contribution in [0.25, 0.3) is 0 Å². The van der Waals surface area contributed by atoms with Crippen LogP contribution in [-0.4, -0.2) is 26.5 Å². The van der Waals surface area contributed by atoms with Crippen molar-refractivity contribution in [1.29, 1.82) is 5.26 Å². The number of nitriles is 1. The van der Waals surface area contributed by atoms with Gasteiger partial charge in [-0.2, -0.15) is 5.26 Å². The standard InChI is InChI=1S/C13H10N2O4S2/c1-15(11-4-2-3-9(5-11)7-14)21(18,19)12-6-10(8-20-12)13(16)17/h2-6,8H,1H3,(H,16,17). The van der Waals surface area contributed by atoms with Gasteiger partial charge in [-0.15, -0.1) is 11.3 Å². The molecule has 0 spiro atoms. The van der Waals surface area contributed by atoms with Crippen molar-refractivity contribution in [1.82, 2.24) is 0 Å². The van der Waals surface area contributed by atoms with Gasteiger partial charge in [0.05, 0.1) is 22.9 Å². The Morgan fingerprint density at radius 2 is 2.10 bits per heavy atom. The quantitative estimate of drug-likeness (QED) is 0.930. The molecule has 0 atom stereocenters. The number of rotatable bonds is 4. The molecule has 1 aromatic carbocycles. The summed E-state index contributed by atoms with van der Waals surface area (Å²) in [6.07, 6.45) is 0. The maximum absolute atomic E-state index is 12.4. The lowest BCUT2D eigenvalue weighted by molar-refractivity contribution is 0.0697. The van der Waals surface area contributed by atoms with Crippen molar-refractivity contribution in [3.63, 3.8) is 0 Å². The summed E-state index contributed by atoms with van der Waals surface area (Å²) in [4.78, 5) is 10.8. The predicted octanol–water partition coefficient (Wildman–Crippen LogP) is 2.14. The Kier molecular flexibility index (Phi) is 3.97. The van der Waals surface area contributed by atoms with Crippen LogP contribution in [0.2, 0.25) is 0 Å². The molecule has 8 heteroatoms. The summed E-state index contributed by atoms with van der Waals surface area (Å²) in [5.41, 5.74) is 0.601. The van der Waals surface area contributed by atoms with Crippen LogP contribution in [0.1, 0.15) is 15.9 Å². The Morgan fingerprint density at radius 3 is 2.67 bits per heavy atom. The SMILES string of the molecule is CN(c1cccc(C#N)c1)S(=O)(=O)c1cc(C(=O)O)cs1. The molecule has 0 fully saturated rings. The second kappa shape index (κ2) is 5.55. The monoisotopic (exact) mass is 322 g/mol. The van der Waals surface area contributed by atoms with E-state index in [-0.39, 0.29) is 9.77 Å². The number of benzene rings is 1. The van der Waals surface area contributed by atoms with Gasteiger partial charge in [0, 0.05) is 12.4 Å². The lowest BCUT2D eigenvalue weighted by Gasteiger charge is -2.18. The van der Waals surface area contributed by atoms with E-state index in [1.165, 1.54) is 18.5 Å². The lowest BCUT2D eigenvalue weighted by atomic mass is 10.2. The Morgan fingerprint density at radius 1 is 1.38 bits per heavy atom. The van der Waals surface area contributed by atoms with Gasteiger partial charge in [0.15, 0.2) is 0 Å². The first-order chi connectivity index (χ1) is 9.86. The molecule has 6 nitrogen and oxygen atoms in total. The van der Waals surface area contributed by atoms with Crippen LogP contribution >= 0.6 is 11.3 Å².